The summed E-state index contributed by atoms with van der Waals surface area (Å²) in [7, 11) is 1.89. The standard InChI is InChI=1S/C16H11BrFNO/c1-19-13-5-3-2-4-12(13)16(20)14(17)15(19)10-6-8-11(18)9-7-10/h2-9H,1H3. The first-order valence-corrected chi connectivity index (χ1v) is 6.92. The van der Waals surface area contributed by atoms with Crippen molar-refractivity contribution in [1.82, 2.24) is 4.57 Å². The van der Waals surface area contributed by atoms with Gasteiger partial charge in [-0.3, -0.25) is 4.79 Å². The number of aromatic nitrogens is 1. The summed E-state index contributed by atoms with van der Waals surface area (Å²) in [6.45, 7) is 0. The summed E-state index contributed by atoms with van der Waals surface area (Å²) in [5, 5.41) is 0.660. The van der Waals surface area contributed by atoms with Crippen molar-refractivity contribution in [3.8, 4) is 11.3 Å². The SMILES string of the molecule is Cn1c(-c2ccc(F)cc2)c(Br)c(=O)c2ccccc21. The van der Waals surface area contributed by atoms with Gasteiger partial charge in [0.1, 0.15) is 5.82 Å². The molecule has 0 saturated carbocycles. The van der Waals surface area contributed by atoms with E-state index in [1.807, 2.05) is 29.8 Å². The van der Waals surface area contributed by atoms with Crippen molar-refractivity contribution in [2.24, 2.45) is 7.05 Å². The zero-order chi connectivity index (χ0) is 14.3. The lowest BCUT2D eigenvalue weighted by Gasteiger charge is -2.14. The van der Waals surface area contributed by atoms with Gasteiger partial charge in [-0.25, -0.2) is 4.39 Å². The predicted molar refractivity (Wildman–Crippen MR) is 82.3 cm³/mol. The molecular formula is C16H11BrFNO. The first kappa shape index (κ1) is 13.1. The van der Waals surface area contributed by atoms with Crippen LogP contribution in [0.5, 0.6) is 0 Å². The van der Waals surface area contributed by atoms with Crippen LogP contribution < -0.4 is 5.43 Å². The van der Waals surface area contributed by atoms with Gasteiger partial charge < -0.3 is 4.57 Å². The van der Waals surface area contributed by atoms with Gasteiger partial charge in [0.05, 0.1) is 15.7 Å². The third-order valence-corrected chi connectivity index (χ3v) is 4.11. The number of para-hydroxylation sites is 1. The van der Waals surface area contributed by atoms with Crippen molar-refractivity contribution in [3.63, 3.8) is 0 Å². The zero-order valence-corrected chi connectivity index (χ0v) is 12.3. The van der Waals surface area contributed by atoms with Crippen LogP contribution in [0.2, 0.25) is 0 Å². The van der Waals surface area contributed by atoms with Crippen molar-refractivity contribution in [1.29, 1.82) is 0 Å². The number of nitrogens with zero attached hydrogens (tertiary/aromatic N) is 1. The van der Waals surface area contributed by atoms with Crippen LogP contribution in [0.15, 0.2) is 57.8 Å². The van der Waals surface area contributed by atoms with Crippen LogP contribution in [-0.4, -0.2) is 4.57 Å². The van der Waals surface area contributed by atoms with Crippen LogP contribution in [0.4, 0.5) is 4.39 Å². The van der Waals surface area contributed by atoms with E-state index in [9.17, 15) is 9.18 Å². The molecule has 0 spiro atoms. The number of aryl methyl sites for hydroxylation is 1. The van der Waals surface area contributed by atoms with Gasteiger partial charge in [-0.2, -0.15) is 0 Å². The second-order valence-corrected chi connectivity index (χ2v) is 5.37. The maximum Gasteiger partial charge on any atom is 0.204 e. The molecule has 0 aliphatic carbocycles. The number of hydrogen-bond donors (Lipinski definition) is 0. The summed E-state index contributed by atoms with van der Waals surface area (Å²) in [6, 6.07) is 13.6. The molecule has 3 aromatic rings. The molecule has 2 nitrogen and oxygen atoms in total. The van der Waals surface area contributed by atoms with E-state index in [2.05, 4.69) is 15.9 Å². The number of halogens is 2. The van der Waals surface area contributed by atoms with Crippen molar-refractivity contribution in [2.45, 2.75) is 0 Å². The molecule has 100 valence electrons. The van der Waals surface area contributed by atoms with E-state index in [4.69, 9.17) is 0 Å². The van der Waals surface area contributed by atoms with Gasteiger partial charge in [-0.05, 0) is 57.9 Å². The summed E-state index contributed by atoms with van der Waals surface area (Å²) in [5.41, 5.74) is 2.33. The van der Waals surface area contributed by atoms with Gasteiger partial charge in [-0.1, -0.05) is 12.1 Å². The van der Waals surface area contributed by atoms with E-state index in [-0.39, 0.29) is 11.2 Å². The van der Waals surface area contributed by atoms with Crippen LogP contribution in [0, 0.1) is 5.82 Å². The lowest BCUT2D eigenvalue weighted by molar-refractivity contribution is 0.628. The normalized spacial score (nSPS) is 10.9. The Morgan fingerprint density at radius 1 is 1.05 bits per heavy atom. The molecule has 0 atom stereocenters. The van der Waals surface area contributed by atoms with E-state index < -0.39 is 0 Å². The van der Waals surface area contributed by atoms with E-state index in [1.54, 1.807) is 18.2 Å². The highest BCUT2D eigenvalue weighted by Gasteiger charge is 2.14. The van der Waals surface area contributed by atoms with Gasteiger partial charge >= 0.3 is 0 Å². The van der Waals surface area contributed by atoms with Crippen LogP contribution in [0.25, 0.3) is 22.2 Å². The van der Waals surface area contributed by atoms with E-state index in [0.29, 0.717) is 9.86 Å². The summed E-state index contributed by atoms with van der Waals surface area (Å²) in [6.07, 6.45) is 0. The van der Waals surface area contributed by atoms with Crippen molar-refractivity contribution < 1.29 is 4.39 Å². The summed E-state index contributed by atoms with van der Waals surface area (Å²) >= 11 is 3.38. The minimum atomic E-state index is -0.296. The van der Waals surface area contributed by atoms with E-state index in [0.717, 1.165) is 16.8 Å². The lowest BCUT2D eigenvalue weighted by atomic mass is 10.1. The number of pyridine rings is 1. The maximum absolute atomic E-state index is 13.1. The predicted octanol–water partition coefficient (Wildman–Crippen LogP) is 4.11. The highest BCUT2D eigenvalue weighted by molar-refractivity contribution is 9.10. The Morgan fingerprint density at radius 2 is 1.70 bits per heavy atom. The quantitative estimate of drug-likeness (QED) is 0.657. The molecule has 0 unspecified atom stereocenters. The Bertz CT molecular complexity index is 853. The van der Waals surface area contributed by atoms with Crippen LogP contribution in [0.3, 0.4) is 0 Å². The first-order valence-electron chi connectivity index (χ1n) is 6.13. The fraction of sp³-hybridized carbons (Fsp3) is 0.0625. The third-order valence-electron chi connectivity index (χ3n) is 3.37. The minimum absolute atomic E-state index is 0.0574. The fourth-order valence-electron chi connectivity index (χ4n) is 2.38. The molecule has 0 N–H and O–H groups in total. The molecule has 20 heavy (non-hydrogen) atoms. The molecule has 1 aromatic heterocycles. The highest BCUT2D eigenvalue weighted by atomic mass is 79.9. The molecule has 0 aliphatic heterocycles. The number of hydrogen-bond acceptors (Lipinski definition) is 1. The van der Waals surface area contributed by atoms with Gasteiger partial charge in [0.25, 0.3) is 0 Å². The Kier molecular flexibility index (Phi) is 3.18. The van der Waals surface area contributed by atoms with Gasteiger partial charge in [-0.15, -0.1) is 0 Å². The summed E-state index contributed by atoms with van der Waals surface area (Å²) in [4.78, 5) is 12.4. The van der Waals surface area contributed by atoms with E-state index in [1.165, 1.54) is 12.1 Å². The Balaban J connectivity index is 2.42. The number of benzene rings is 2. The van der Waals surface area contributed by atoms with Gasteiger partial charge in [0, 0.05) is 12.4 Å². The average molecular weight is 332 g/mol. The second kappa shape index (κ2) is 4.87. The van der Waals surface area contributed by atoms with Gasteiger partial charge in [0.2, 0.25) is 5.43 Å². The second-order valence-electron chi connectivity index (χ2n) is 4.57. The first-order chi connectivity index (χ1) is 9.59. The van der Waals surface area contributed by atoms with Crippen molar-refractivity contribution in [2.75, 3.05) is 0 Å². The Morgan fingerprint density at radius 3 is 2.40 bits per heavy atom. The third kappa shape index (κ3) is 1.96. The van der Waals surface area contributed by atoms with Gasteiger partial charge in [0.15, 0.2) is 0 Å². The van der Waals surface area contributed by atoms with Crippen LogP contribution in [-0.2, 0) is 7.05 Å². The molecule has 4 heteroatoms. The molecule has 0 amide bonds. The molecule has 3 rings (SSSR count). The molecule has 0 fully saturated rings. The molecular weight excluding hydrogens is 321 g/mol. The minimum Gasteiger partial charge on any atom is -0.342 e. The Labute approximate surface area is 123 Å². The molecule has 2 aromatic carbocycles. The van der Waals surface area contributed by atoms with Crippen molar-refractivity contribution >= 4 is 26.8 Å². The topological polar surface area (TPSA) is 22.0 Å². The van der Waals surface area contributed by atoms with Crippen molar-refractivity contribution in [3.05, 3.63) is 69.0 Å². The average Bonchev–Trinajstić information content (AvgIpc) is 2.47. The lowest BCUT2D eigenvalue weighted by Crippen LogP contribution is -2.11. The maximum atomic E-state index is 13.1. The smallest absolute Gasteiger partial charge is 0.204 e. The largest absolute Gasteiger partial charge is 0.342 e. The molecule has 0 radical (unpaired) electrons. The Hall–Kier alpha value is -1.94. The molecule has 0 saturated heterocycles. The summed E-state index contributed by atoms with van der Waals surface area (Å²) < 4.78 is 15.5. The monoisotopic (exact) mass is 331 g/mol. The van der Waals surface area contributed by atoms with Crippen LogP contribution in [0.1, 0.15) is 0 Å². The summed E-state index contributed by atoms with van der Waals surface area (Å²) in [5.74, 6) is -0.296. The highest BCUT2D eigenvalue weighted by Crippen LogP contribution is 2.28. The fourth-order valence-corrected chi connectivity index (χ4v) is 3.09. The number of fused-ring (bicyclic) bond motifs is 1. The molecule has 0 bridgehead atoms. The zero-order valence-electron chi connectivity index (χ0n) is 10.7. The van der Waals surface area contributed by atoms with E-state index >= 15 is 0 Å². The molecule has 0 aliphatic rings. The van der Waals surface area contributed by atoms with Crippen LogP contribution >= 0.6 is 15.9 Å². The molecule has 1 heterocycles. The number of rotatable bonds is 1.